The molecule has 0 bridgehead atoms. The summed E-state index contributed by atoms with van der Waals surface area (Å²) in [5.41, 5.74) is 10.9. The zero-order chi connectivity index (χ0) is 30.9. The largest absolute Gasteiger partial charge is 0.481 e. The van der Waals surface area contributed by atoms with Crippen LogP contribution in [0.3, 0.4) is 0 Å². The number of primary amides is 1. The fourth-order valence-electron chi connectivity index (χ4n) is 3.80. The molecule has 0 aliphatic heterocycles. The summed E-state index contributed by atoms with van der Waals surface area (Å²) >= 11 is 0. The molecule has 0 saturated heterocycles. The number of rotatable bonds is 21. The van der Waals surface area contributed by atoms with Crippen LogP contribution in [0.15, 0.2) is 4.52 Å². The van der Waals surface area contributed by atoms with E-state index in [2.05, 4.69) is 33.0 Å². The molecule has 41 heavy (non-hydrogen) atoms. The van der Waals surface area contributed by atoms with Gasteiger partial charge >= 0.3 is 12.0 Å². The van der Waals surface area contributed by atoms with E-state index in [0.717, 1.165) is 25.7 Å². The predicted molar refractivity (Wildman–Crippen MR) is 144 cm³/mol. The molecule has 0 radical (unpaired) electrons. The topological polar surface area (TPSA) is 273 Å². The highest BCUT2D eigenvalue weighted by molar-refractivity contribution is 5.91. The van der Waals surface area contributed by atoms with E-state index in [1.807, 2.05) is 0 Å². The molecule has 0 aliphatic carbocycles. The number of aromatic nitrogens is 2. The second-order valence-electron chi connectivity index (χ2n) is 9.81. The van der Waals surface area contributed by atoms with Gasteiger partial charge in [0.2, 0.25) is 17.7 Å². The quantitative estimate of drug-likeness (QED) is 0.0852. The summed E-state index contributed by atoms with van der Waals surface area (Å²) in [6, 6.07) is -4.17. The lowest BCUT2D eigenvalue weighted by Gasteiger charge is -2.22. The number of aliphatic hydroxyl groups excluding tert-OH is 2. The van der Waals surface area contributed by atoms with Crippen molar-refractivity contribution in [3.8, 4) is 0 Å². The second-order valence-corrected chi connectivity index (χ2v) is 9.81. The van der Waals surface area contributed by atoms with Gasteiger partial charge in [-0.05, 0) is 26.2 Å². The van der Waals surface area contributed by atoms with Crippen LogP contribution in [-0.4, -0.2) is 80.4 Å². The molecule has 0 saturated carbocycles. The van der Waals surface area contributed by atoms with Crippen molar-refractivity contribution in [1.82, 2.24) is 26.1 Å². The number of amides is 4. The molecular weight excluding hydrogens is 542 g/mol. The number of hydrogen-bond donors (Lipinski definition) is 8. The molecule has 0 fully saturated rings. The molecule has 1 aromatic heterocycles. The molecule has 0 spiro atoms. The number of aliphatic carboxylic acids is 1. The molecule has 1 aromatic rings. The van der Waals surface area contributed by atoms with E-state index in [-0.39, 0.29) is 43.3 Å². The van der Waals surface area contributed by atoms with Gasteiger partial charge in [0.1, 0.15) is 6.04 Å². The summed E-state index contributed by atoms with van der Waals surface area (Å²) in [7, 11) is 0. The van der Waals surface area contributed by atoms with Gasteiger partial charge in [-0.2, -0.15) is 4.98 Å². The van der Waals surface area contributed by atoms with E-state index in [4.69, 9.17) is 16.0 Å². The molecule has 10 N–H and O–H groups in total. The Bertz CT molecular complexity index is 1000. The molecule has 0 aromatic carbocycles. The Morgan fingerprint density at radius 3 is 2.34 bits per heavy atom. The molecule has 1 rings (SSSR count). The van der Waals surface area contributed by atoms with Gasteiger partial charge in [-0.3, -0.25) is 19.2 Å². The number of Topliss-reactive ketones (excluding diaryl/α,β-unsaturated/α-hetero) is 1. The van der Waals surface area contributed by atoms with Crippen LogP contribution in [0.2, 0.25) is 0 Å². The number of nitrogens with zero attached hydrogens (tertiary/aromatic N) is 2. The molecule has 232 valence electrons. The summed E-state index contributed by atoms with van der Waals surface area (Å²) in [5.74, 6) is -4.70. The predicted octanol–water partition coefficient (Wildman–Crippen LogP) is -0.446. The van der Waals surface area contributed by atoms with Gasteiger partial charge in [-0.1, -0.05) is 31.3 Å². The minimum absolute atomic E-state index is 0.0211. The lowest BCUT2D eigenvalue weighted by molar-refractivity contribution is -0.147. The average molecular weight is 586 g/mol. The molecule has 5 atom stereocenters. The summed E-state index contributed by atoms with van der Waals surface area (Å²) in [4.78, 5) is 65.0. The Morgan fingerprint density at radius 2 is 1.76 bits per heavy atom. The number of unbranched alkanes of at least 4 members (excludes halogenated alkanes) is 3. The molecular formula is C25H43N7O9. The van der Waals surface area contributed by atoms with Crippen molar-refractivity contribution in [3.63, 3.8) is 0 Å². The van der Waals surface area contributed by atoms with Crippen molar-refractivity contribution in [2.45, 2.75) is 95.9 Å². The van der Waals surface area contributed by atoms with Gasteiger partial charge in [0.05, 0.1) is 30.7 Å². The van der Waals surface area contributed by atoms with Crippen LogP contribution < -0.4 is 27.4 Å². The highest BCUT2D eigenvalue weighted by Crippen LogP contribution is 2.19. The second kappa shape index (κ2) is 18.7. The smallest absolute Gasteiger partial charge is 0.316 e. The van der Waals surface area contributed by atoms with Gasteiger partial charge in [-0.15, -0.1) is 0 Å². The van der Waals surface area contributed by atoms with Gasteiger partial charge in [0, 0.05) is 25.8 Å². The summed E-state index contributed by atoms with van der Waals surface area (Å²) in [5, 5.41) is 39.8. The Hall–Kier alpha value is -3.63. The van der Waals surface area contributed by atoms with Crippen molar-refractivity contribution < 1.29 is 43.8 Å². The van der Waals surface area contributed by atoms with Crippen molar-refractivity contribution in [3.05, 3.63) is 11.7 Å². The van der Waals surface area contributed by atoms with Crippen molar-refractivity contribution >= 4 is 29.6 Å². The maximum atomic E-state index is 12.9. The fraction of sp³-hybridized carbons (Fsp3) is 0.720. The first-order chi connectivity index (χ1) is 19.4. The van der Waals surface area contributed by atoms with Crippen molar-refractivity contribution in [2.24, 2.45) is 17.4 Å². The zero-order valence-electron chi connectivity index (χ0n) is 23.5. The van der Waals surface area contributed by atoms with E-state index in [0.29, 0.717) is 6.54 Å². The van der Waals surface area contributed by atoms with Crippen LogP contribution in [0.1, 0.15) is 95.4 Å². The first-order valence-electron chi connectivity index (χ1n) is 13.6. The van der Waals surface area contributed by atoms with Gasteiger partial charge in [-0.25, -0.2) is 4.79 Å². The van der Waals surface area contributed by atoms with Crippen LogP contribution >= 0.6 is 0 Å². The minimum atomic E-state index is -1.43. The molecule has 4 amide bonds. The lowest BCUT2D eigenvalue weighted by atomic mass is 9.92. The Balaban J connectivity index is 3.00. The van der Waals surface area contributed by atoms with Gasteiger partial charge in [0.15, 0.2) is 11.6 Å². The Labute approximate surface area is 238 Å². The standard InChI is InChI=1S/C25H43N7O9/c1-3-4-5-6-11-28-21(37)10-8-18(23-31-22(32-41-23)16(26)13-33)30-25(40)29-17(7-9-20(27)36)19(35)12-15(14(2)34)24(38)39/h14-18,33-34H,3-13,26H2,1-2H3,(H2,27,36)(H,28,37)(H,38,39)(H2,29,30,40)/t14?,15-,16-,17-,18-/m0/s1. The average Bonchev–Trinajstić information content (AvgIpc) is 3.41. The molecule has 16 heteroatoms. The van der Waals surface area contributed by atoms with Crippen molar-refractivity contribution in [1.29, 1.82) is 0 Å². The number of ketones is 1. The normalized spacial score (nSPS) is 14.8. The number of carboxylic acid groups (broad SMARTS) is 1. The zero-order valence-corrected chi connectivity index (χ0v) is 23.5. The van der Waals surface area contributed by atoms with Crippen LogP contribution in [0.5, 0.6) is 0 Å². The third-order valence-corrected chi connectivity index (χ3v) is 6.30. The molecule has 1 unspecified atom stereocenters. The fourth-order valence-corrected chi connectivity index (χ4v) is 3.80. The number of urea groups is 1. The number of carboxylic acids is 1. The molecule has 1 heterocycles. The number of nitrogens with two attached hydrogens (primary N) is 2. The summed E-state index contributed by atoms with van der Waals surface area (Å²) in [6.45, 7) is 3.33. The third-order valence-electron chi connectivity index (χ3n) is 6.30. The van der Waals surface area contributed by atoms with E-state index in [1.54, 1.807) is 0 Å². The highest BCUT2D eigenvalue weighted by atomic mass is 16.5. The van der Waals surface area contributed by atoms with Crippen molar-refractivity contribution in [2.75, 3.05) is 13.2 Å². The number of carbonyl (C=O) groups excluding carboxylic acids is 4. The van der Waals surface area contributed by atoms with E-state index < -0.39 is 66.9 Å². The van der Waals surface area contributed by atoms with E-state index >= 15 is 0 Å². The maximum absolute atomic E-state index is 12.9. The first-order valence-corrected chi connectivity index (χ1v) is 13.6. The van der Waals surface area contributed by atoms with Crippen LogP contribution in [-0.2, 0) is 19.2 Å². The van der Waals surface area contributed by atoms with Crippen LogP contribution in [0.4, 0.5) is 4.79 Å². The van der Waals surface area contributed by atoms with E-state index in [9.17, 15) is 39.3 Å². The lowest BCUT2D eigenvalue weighted by Crippen LogP contribution is -2.48. The minimum Gasteiger partial charge on any atom is -0.481 e. The Kier molecular flexibility index (Phi) is 16.1. The number of nitrogens with one attached hydrogen (secondary N) is 3. The SMILES string of the molecule is CCCCCCNC(=O)CC[C@H](NC(=O)N[C@@H](CCC(N)=O)C(=O)C[C@H](C(=O)O)C(C)O)c1nc([C@@H](N)CO)no1. The third kappa shape index (κ3) is 13.5. The number of hydrogen-bond acceptors (Lipinski definition) is 11. The molecule has 0 aliphatic rings. The summed E-state index contributed by atoms with van der Waals surface area (Å²) < 4.78 is 5.20. The monoisotopic (exact) mass is 585 g/mol. The van der Waals surface area contributed by atoms with Gasteiger partial charge in [0.25, 0.3) is 0 Å². The van der Waals surface area contributed by atoms with E-state index in [1.165, 1.54) is 6.92 Å². The Morgan fingerprint density at radius 1 is 1.05 bits per heavy atom. The van der Waals surface area contributed by atoms with Crippen LogP contribution in [0, 0.1) is 5.92 Å². The first kappa shape index (κ1) is 35.4. The highest BCUT2D eigenvalue weighted by Gasteiger charge is 2.31. The number of carbonyl (C=O) groups is 5. The molecule has 16 nitrogen and oxygen atoms in total. The maximum Gasteiger partial charge on any atom is 0.316 e. The van der Waals surface area contributed by atoms with Crippen LogP contribution in [0.25, 0.3) is 0 Å². The summed E-state index contributed by atoms with van der Waals surface area (Å²) in [6.07, 6.45) is 1.48. The van der Waals surface area contributed by atoms with Gasteiger partial charge < -0.3 is 47.3 Å². The number of aliphatic hydroxyl groups is 2.